The summed E-state index contributed by atoms with van der Waals surface area (Å²) in [7, 11) is 1.57. The minimum atomic E-state index is -2.66. The number of nitrogens with two attached hydrogens (primary N) is 1. The summed E-state index contributed by atoms with van der Waals surface area (Å²) in [6, 6.07) is 3.51. The van der Waals surface area contributed by atoms with Crippen molar-refractivity contribution in [2.45, 2.75) is 32.0 Å². The van der Waals surface area contributed by atoms with Crippen LogP contribution in [0.25, 0.3) is 11.4 Å². The maximum absolute atomic E-state index is 13.6. The molecule has 3 heterocycles. The Morgan fingerprint density at radius 2 is 2.19 bits per heavy atom. The number of ether oxygens (including phenoxy) is 1. The molecule has 1 fully saturated rings. The molecule has 0 unspecified atom stereocenters. The lowest BCUT2D eigenvalue weighted by Gasteiger charge is -2.21. The number of carbonyl (C=O) groups excluding carboxylic acids is 2. The zero-order valence-electron chi connectivity index (χ0n) is 17.0. The molecule has 0 bridgehead atoms. The third kappa shape index (κ3) is 3.68. The molecule has 0 radical (unpaired) electrons. The molecule has 2 aromatic rings. The second kappa shape index (κ2) is 7.92. The second-order valence-corrected chi connectivity index (χ2v) is 7.52. The molecule has 1 amide bonds. The van der Waals surface area contributed by atoms with Crippen molar-refractivity contribution >= 4 is 23.4 Å². The van der Waals surface area contributed by atoms with Gasteiger partial charge >= 0.3 is 0 Å². The van der Waals surface area contributed by atoms with E-state index in [1.807, 2.05) is 4.57 Å². The Balaban J connectivity index is 1.72. The molecule has 1 saturated heterocycles. The zero-order chi connectivity index (χ0) is 22.3. The zero-order valence-corrected chi connectivity index (χ0v) is 17.0. The fourth-order valence-electron chi connectivity index (χ4n) is 3.78. The van der Waals surface area contributed by atoms with Gasteiger partial charge in [0.1, 0.15) is 30.3 Å². The molecule has 0 saturated carbocycles. The molecular weight excluding hydrogens is 410 g/mol. The molecule has 31 heavy (non-hydrogen) atoms. The summed E-state index contributed by atoms with van der Waals surface area (Å²) in [6.45, 7) is 2.43. The van der Waals surface area contributed by atoms with E-state index in [0.717, 1.165) is 0 Å². The number of primary amides is 1. The van der Waals surface area contributed by atoms with E-state index in [0.29, 0.717) is 36.0 Å². The lowest BCUT2D eigenvalue weighted by molar-refractivity contribution is -0.118. The first-order valence-electron chi connectivity index (χ1n) is 9.74. The summed E-state index contributed by atoms with van der Waals surface area (Å²) >= 11 is 0. The molecule has 2 aliphatic rings. The van der Waals surface area contributed by atoms with Crippen LogP contribution < -0.4 is 20.7 Å². The SMILES string of the molecule is C[C@H](Nc1ccc2c(c1)OCCn1cc(N3C(=C=O)N(C)C[C@H]3C(F)F)nc1-2)C(N)=O. The van der Waals surface area contributed by atoms with Gasteiger partial charge in [-0.05, 0) is 19.1 Å². The third-order valence-electron chi connectivity index (χ3n) is 5.40. The molecule has 0 aliphatic carbocycles. The van der Waals surface area contributed by atoms with Gasteiger partial charge in [-0.2, -0.15) is 0 Å². The number of halogens is 2. The molecule has 3 N–H and O–H groups in total. The van der Waals surface area contributed by atoms with Crippen molar-refractivity contribution in [2.24, 2.45) is 5.73 Å². The standard InChI is InChI=1S/C20H22F2N6O3/c1-11(19(23)30)24-12-3-4-13-15(7-12)31-6-5-27-9-16(25-20(13)27)28-14(18(21)22)8-26(2)17(28)10-29/h3-4,7,9,11,14,18,24H,5-6,8H2,1-2H3,(H2,23,30)/t11-,14-/m0/s1. The van der Waals surface area contributed by atoms with Crippen molar-refractivity contribution in [3.63, 3.8) is 0 Å². The van der Waals surface area contributed by atoms with Gasteiger partial charge in [0.2, 0.25) is 5.91 Å². The van der Waals surface area contributed by atoms with E-state index in [9.17, 15) is 18.4 Å². The molecule has 0 spiro atoms. The summed E-state index contributed by atoms with van der Waals surface area (Å²) in [6.07, 6.45) is -1.02. The van der Waals surface area contributed by atoms with Crippen molar-refractivity contribution in [3.05, 3.63) is 30.2 Å². The average Bonchev–Trinajstić information content (AvgIpc) is 3.24. The molecule has 2 aliphatic heterocycles. The van der Waals surface area contributed by atoms with E-state index in [4.69, 9.17) is 10.5 Å². The van der Waals surface area contributed by atoms with E-state index in [1.165, 1.54) is 9.80 Å². The van der Waals surface area contributed by atoms with Gasteiger partial charge in [0.25, 0.3) is 6.43 Å². The van der Waals surface area contributed by atoms with Crippen LogP contribution in [0.1, 0.15) is 6.92 Å². The number of aromatic nitrogens is 2. The Morgan fingerprint density at radius 3 is 2.87 bits per heavy atom. The van der Waals surface area contributed by atoms with E-state index in [-0.39, 0.29) is 18.2 Å². The lowest BCUT2D eigenvalue weighted by Crippen LogP contribution is -2.36. The largest absolute Gasteiger partial charge is 0.491 e. The highest BCUT2D eigenvalue weighted by atomic mass is 19.3. The second-order valence-electron chi connectivity index (χ2n) is 7.52. The first-order valence-corrected chi connectivity index (χ1v) is 9.74. The Morgan fingerprint density at radius 1 is 1.42 bits per heavy atom. The normalized spacial score (nSPS) is 18.7. The van der Waals surface area contributed by atoms with Gasteiger partial charge in [-0.3, -0.25) is 9.69 Å². The van der Waals surface area contributed by atoms with Crippen molar-refractivity contribution in [1.29, 1.82) is 0 Å². The molecule has 2 atom stereocenters. The number of likely N-dealkylation sites (N-methyl/N-ethyl adjacent to an activating group) is 1. The van der Waals surface area contributed by atoms with E-state index >= 15 is 0 Å². The molecule has 1 aromatic heterocycles. The lowest BCUT2D eigenvalue weighted by atomic mass is 10.1. The number of nitrogens with zero attached hydrogens (tertiary/aromatic N) is 4. The van der Waals surface area contributed by atoms with Crippen molar-refractivity contribution in [3.8, 4) is 17.1 Å². The Kier molecular flexibility index (Phi) is 5.28. The number of nitrogens with one attached hydrogen (secondary N) is 1. The number of fused-ring (bicyclic) bond motifs is 3. The molecule has 9 nitrogen and oxygen atoms in total. The molecule has 164 valence electrons. The Bertz CT molecular complexity index is 1070. The number of hydrogen-bond acceptors (Lipinski definition) is 7. The molecule has 4 rings (SSSR count). The quantitative estimate of drug-likeness (QED) is 0.686. The van der Waals surface area contributed by atoms with Crippen LogP contribution in [0.15, 0.2) is 30.2 Å². The number of rotatable bonds is 5. The Hall–Kier alpha value is -3.59. The minimum absolute atomic E-state index is 0.00277. The van der Waals surface area contributed by atoms with Crippen molar-refractivity contribution < 1.29 is 23.1 Å². The number of imidazole rings is 1. The molecule has 11 heteroatoms. The summed E-state index contributed by atoms with van der Waals surface area (Å²) in [5.41, 5.74) is 6.61. The van der Waals surface area contributed by atoms with Gasteiger partial charge in [0.15, 0.2) is 17.6 Å². The number of alkyl halides is 2. The summed E-state index contributed by atoms with van der Waals surface area (Å²) in [5.74, 6) is 2.61. The van der Waals surface area contributed by atoms with Crippen LogP contribution in [-0.2, 0) is 16.1 Å². The van der Waals surface area contributed by atoms with Crippen molar-refractivity contribution in [1.82, 2.24) is 14.5 Å². The number of benzene rings is 1. The summed E-state index contributed by atoms with van der Waals surface area (Å²) in [5, 5.41) is 3.00. The number of carbonyl (C=O) groups is 1. The third-order valence-corrected chi connectivity index (χ3v) is 5.40. The summed E-state index contributed by atoms with van der Waals surface area (Å²) in [4.78, 5) is 30.0. The minimum Gasteiger partial charge on any atom is -0.491 e. The van der Waals surface area contributed by atoms with Crippen LogP contribution in [0.2, 0.25) is 0 Å². The van der Waals surface area contributed by atoms with Gasteiger partial charge in [-0.15, -0.1) is 0 Å². The summed E-state index contributed by atoms with van der Waals surface area (Å²) < 4.78 is 34.9. The maximum atomic E-state index is 13.6. The predicted molar refractivity (Wildman–Crippen MR) is 110 cm³/mol. The monoisotopic (exact) mass is 432 g/mol. The van der Waals surface area contributed by atoms with Gasteiger partial charge in [0.05, 0.1) is 12.1 Å². The smallest absolute Gasteiger partial charge is 0.260 e. The number of amides is 1. The topological polar surface area (TPSA) is 106 Å². The molecular formula is C20H22F2N6O3. The van der Waals surface area contributed by atoms with E-state index in [1.54, 1.807) is 44.3 Å². The fourth-order valence-corrected chi connectivity index (χ4v) is 3.78. The van der Waals surface area contributed by atoms with Gasteiger partial charge in [-0.25, -0.2) is 18.6 Å². The highest BCUT2D eigenvalue weighted by Crippen LogP contribution is 2.38. The van der Waals surface area contributed by atoms with Gasteiger partial charge in [-0.1, -0.05) is 0 Å². The van der Waals surface area contributed by atoms with E-state index in [2.05, 4.69) is 10.3 Å². The van der Waals surface area contributed by atoms with Crippen molar-refractivity contribution in [2.75, 3.05) is 30.4 Å². The number of anilines is 2. The first kappa shape index (κ1) is 20.7. The average molecular weight is 432 g/mol. The highest BCUT2D eigenvalue weighted by molar-refractivity contribution is 5.83. The van der Waals surface area contributed by atoms with Crippen LogP contribution >= 0.6 is 0 Å². The van der Waals surface area contributed by atoms with Gasteiger partial charge in [0, 0.05) is 31.5 Å². The maximum Gasteiger partial charge on any atom is 0.260 e. The highest BCUT2D eigenvalue weighted by Gasteiger charge is 2.41. The van der Waals surface area contributed by atoms with Crippen LogP contribution in [0.3, 0.4) is 0 Å². The van der Waals surface area contributed by atoms with Crippen LogP contribution in [-0.4, -0.2) is 65.0 Å². The van der Waals surface area contributed by atoms with E-state index < -0.39 is 24.4 Å². The van der Waals surface area contributed by atoms with Crippen LogP contribution in [0.4, 0.5) is 20.3 Å². The molecule has 1 aromatic carbocycles. The Labute approximate surface area is 177 Å². The van der Waals surface area contributed by atoms with Crippen LogP contribution in [0.5, 0.6) is 5.75 Å². The number of hydrogen-bond donors (Lipinski definition) is 2. The fraction of sp³-hybridized carbons (Fsp3) is 0.400. The first-order chi connectivity index (χ1) is 14.8. The van der Waals surface area contributed by atoms with Crippen LogP contribution in [0, 0.1) is 0 Å². The van der Waals surface area contributed by atoms with Gasteiger partial charge < -0.3 is 25.3 Å². The predicted octanol–water partition coefficient (Wildman–Crippen LogP) is 1.29.